The Balaban J connectivity index is 1.79. The van der Waals surface area contributed by atoms with E-state index in [-0.39, 0.29) is 0 Å². The number of H-pyrrole nitrogens is 1. The zero-order valence-corrected chi connectivity index (χ0v) is 10.7. The fraction of sp³-hybridized carbons (Fsp3) is 0.308. The van der Waals surface area contributed by atoms with Crippen LogP contribution in [0.1, 0.15) is 6.42 Å². The molecule has 1 unspecified atom stereocenters. The van der Waals surface area contributed by atoms with Crippen LogP contribution in [0, 0.1) is 0 Å². The van der Waals surface area contributed by atoms with E-state index in [1.807, 2.05) is 30.3 Å². The quantitative estimate of drug-likeness (QED) is 0.797. The number of anilines is 1. The molecular formula is C13H15ClN4. The monoisotopic (exact) mass is 262 g/mol. The summed E-state index contributed by atoms with van der Waals surface area (Å²) in [5, 5.41) is 14.7. The van der Waals surface area contributed by atoms with Crippen molar-refractivity contribution < 1.29 is 0 Å². The van der Waals surface area contributed by atoms with Gasteiger partial charge in [-0.05, 0) is 19.0 Å². The molecular weight excluding hydrogens is 248 g/mol. The fourth-order valence-electron chi connectivity index (χ4n) is 2.20. The molecule has 94 valence electrons. The van der Waals surface area contributed by atoms with Crippen molar-refractivity contribution in [3.8, 4) is 11.3 Å². The van der Waals surface area contributed by atoms with Crippen molar-refractivity contribution in [2.45, 2.75) is 12.5 Å². The van der Waals surface area contributed by atoms with E-state index in [0.717, 1.165) is 41.6 Å². The number of hydrogen-bond acceptors (Lipinski definition) is 3. The van der Waals surface area contributed by atoms with Crippen molar-refractivity contribution in [3.05, 3.63) is 35.4 Å². The number of nitrogens with one attached hydrogen (secondary N) is 3. The van der Waals surface area contributed by atoms with E-state index in [0.29, 0.717) is 6.04 Å². The van der Waals surface area contributed by atoms with E-state index in [1.54, 1.807) is 0 Å². The van der Waals surface area contributed by atoms with Crippen LogP contribution in [0.15, 0.2) is 30.3 Å². The minimum Gasteiger partial charge on any atom is -0.365 e. The normalized spacial score (nSPS) is 19.1. The number of hydrogen-bond donors (Lipinski definition) is 3. The van der Waals surface area contributed by atoms with Gasteiger partial charge in [0, 0.05) is 29.2 Å². The van der Waals surface area contributed by atoms with Crippen LogP contribution in [-0.4, -0.2) is 29.3 Å². The van der Waals surface area contributed by atoms with Crippen molar-refractivity contribution in [2.75, 3.05) is 18.4 Å². The summed E-state index contributed by atoms with van der Waals surface area (Å²) in [6.45, 7) is 2.06. The molecule has 0 aliphatic carbocycles. The van der Waals surface area contributed by atoms with Gasteiger partial charge in [-0.25, -0.2) is 0 Å². The molecule has 18 heavy (non-hydrogen) atoms. The first kappa shape index (κ1) is 11.6. The molecule has 1 atom stereocenters. The molecule has 0 radical (unpaired) electrons. The Kier molecular flexibility index (Phi) is 3.21. The Morgan fingerprint density at radius 3 is 3.00 bits per heavy atom. The maximum Gasteiger partial charge on any atom is 0.148 e. The maximum atomic E-state index is 6.16. The molecule has 4 nitrogen and oxygen atoms in total. The van der Waals surface area contributed by atoms with Crippen LogP contribution in [0.5, 0.6) is 0 Å². The van der Waals surface area contributed by atoms with Gasteiger partial charge in [-0.2, -0.15) is 5.10 Å². The standard InChI is InChI=1S/C13H15ClN4/c14-11-4-2-1-3-10(11)12-7-13(18-17-12)16-9-5-6-15-8-9/h1-4,7,9,15H,5-6,8H2,(H2,16,17,18). The molecule has 3 rings (SSSR count). The van der Waals surface area contributed by atoms with Gasteiger partial charge in [0.25, 0.3) is 0 Å². The summed E-state index contributed by atoms with van der Waals surface area (Å²) in [6, 6.07) is 10.2. The number of halogens is 1. The summed E-state index contributed by atoms with van der Waals surface area (Å²) >= 11 is 6.16. The number of rotatable bonds is 3. The van der Waals surface area contributed by atoms with E-state index in [4.69, 9.17) is 11.6 Å². The highest BCUT2D eigenvalue weighted by atomic mass is 35.5. The smallest absolute Gasteiger partial charge is 0.148 e. The summed E-state index contributed by atoms with van der Waals surface area (Å²) in [6.07, 6.45) is 1.13. The molecule has 2 heterocycles. The minimum absolute atomic E-state index is 0.465. The predicted octanol–water partition coefficient (Wildman–Crippen LogP) is 2.50. The highest BCUT2D eigenvalue weighted by Crippen LogP contribution is 2.27. The van der Waals surface area contributed by atoms with Crippen LogP contribution in [0.4, 0.5) is 5.82 Å². The molecule has 1 aliphatic heterocycles. The van der Waals surface area contributed by atoms with Gasteiger partial charge >= 0.3 is 0 Å². The minimum atomic E-state index is 0.465. The van der Waals surface area contributed by atoms with Gasteiger partial charge in [-0.1, -0.05) is 29.8 Å². The summed E-state index contributed by atoms with van der Waals surface area (Å²) in [5.41, 5.74) is 1.92. The maximum absolute atomic E-state index is 6.16. The topological polar surface area (TPSA) is 52.7 Å². The molecule has 0 bridgehead atoms. The van der Waals surface area contributed by atoms with Crippen molar-refractivity contribution >= 4 is 17.4 Å². The molecule has 0 saturated carbocycles. The van der Waals surface area contributed by atoms with Gasteiger partial charge in [0.2, 0.25) is 0 Å². The van der Waals surface area contributed by atoms with Gasteiger partial charge in [0.1, 0.15) is 5.82 Å². The van der Waals surface area contributed by atoms with Crippen LogP contribution in [-0.2, 0) is 0 Å². The third-order valence-corrected chi connectivity index (χ3v) is 3.48. The molecule has 1 fully saturated rings. The van der Waals surface area contributed by atoms with E-state index in [9.17, 15) is 0 Å². The van der Waals surface area contributed by atoms with Gasteiger partial charge in [0.05, 0.1) is 5.69 Å². The summed E-state index contributed by atoms with van der Waals surface area (Å²) in [7, 11) is 0. The second-order valence-corrected chi connectivity index (χ2v) is 4.89. The molecule has 1 aromatic carbocycles. The van der Waals surface area contributed by atoms with Gasteiger partial charge in [-0.3, -0.25) is 5.10 Å². The second kappa shape index (κ2) is 5.00. The number of aromatic amines is 1. The zero-order valence-electron chi connectivity index (χ0n) is 9.91. The molecule has 1 saturated heterocycles. The number of benzene rings is 1. The molecule has 5 heteroatoms. The van der Waals surface area contributed by atoms with Gasteiger partial charge in [-0.15, -0.1) is 0 Å². The predicted molar refractivity (Wildman–Crippen MR) is 73.9 cm³/mol. The van der Waals surface area contributed by atoms with Crippen molar-refractivity contribution in [1.29, 1.82) is 0 Å². The number of nitrogens with zero attached hydrogens (tertiary/aromatic N) is 1. The molecule has 1 aromatic heterocycles. The Labute approximate surface area is 111 Å². The molecule has 0 spiro atoms. The summed E-state index contributed by atoms with van der Waals surface area (Å²) in [4.78, 5) is 0. The highest BCUT2D eigenvalue weighted by molar-refractivity contribution is 6.33. The lowest BCUT2D eigenvalue weighted by atomic mass is 10.1. The Morgan fingerprint density at radius 1 is 1.33 bits per heavy atom. The number of aromatic nitrogens is 2. The second-order valence-electron chi connectivity index (χ2n) is 4.48. The summed E-state index contributed by atoms with van der Waals surface area (Å²) in [5.74, 6) is 0.874. The van der Waals surface area contributed by atoms with Crippen molar-refractivity contribution in [1.82, 2.24) is 15.5 Å². The van der Waals surface area contributed by atoms with Crippen LogP contribution in [0.3, 0.4) is 0 Å². The van der Waals surface area contributed by atoms with E-state index in [2.05, 4.69) is 20.8 Å². The third kappa shape index (κ3) is 2.35. The van der Waals surface area contributed by atoms with E-state index >= 15 is 0 Å². The molecule has 2 aromatic rings. The SMILES string of the molecule is Clc1ccccc1-c1cc(NC2CCNC2)n[nH]1. The Hall–Kier alpha value is -1.52. The highest BCUT2D eigenvalue weighted by Gasteiger charge is 2.15. The first-order valence-corrected chi connectivity index (χ1v) is 6.48. The Bertz CT molecular complexity index is 531. The molecule has 1 aliphatic rings. The van der Waals surface area contributed by atoms with Crippen LogP contribution in [0.2, 0.25) is 5.02 Å². The molecule has 0 amide bonds. The van der Waals surface area contributed by atoms with Crippen LogP contribution in [0.25, 0.3) is 11.3 Å². The first-order chi connectivity index (χ1) is 8.83. The first-order valence-electron chi connectivity index (χ1n) is 6.10. The zero-order chi connectivity index (χ0) is 12.4. The average molecular weight is 263 g/mol. The lowest BCUT2D eigenvalue weighted by molar-refractivity contribution is 0.786. The lowest BCUT2D eigenvalue weighted by Gasteiger charge is -2.08. The van der Waals surface area contributed by atoms with E-state index in [1.165, 1.54) is 0 Å². The lowest BCUT2D eigenvalue weighted by Crippen LogP contribution is -2.22. The summed E-state index contributed by atoms with van der Waals surface area (Å²) < 4.78 is 0. The largest absolute Gasteiger partial charge is 0.365 e. The van der Waals surface area contributed by atoms with Crippen molar-refractivity contribution in [3.63, 3.8) is 0 Å². The Morgan fingerprint density at radius 2 is 2.22 bits per heavy atom. The van der Waals surface area contributed by atoms with Gasteiger partial charge in [0.15, 0.2) is 0 Å². The fourth-order valence-corrected chi connectivity index (χ4v) is 2.44. The van der Waals surface area contributed by atoms with E-state index < -0.39 is 0 Å². The van der Waals surface area contributed by atoms with Crippen LogP contribution >= 0.6 is 11.6 Å². The third-order valence-electron chi connectivity index (χ3n) is 3.15. The van der Waals surface area contributed by atoms with Crippen LogP contribution < -0.4 is 10.6 Å². The van der Waals surface area contributed by atoms with Gasteiger partial charge < -0.3 is 10.6 Å². The van der Waals surface area contributed by atoms with Crippen molar-refractivity contribution in [2.24, 2.45) is 0 Å². The average Bonchev–Trinajstić information content (AvgIpc) is 3.02. The molecule has 3 N–H and O–H groups in total.